The average molecular weight is 420 g/mol. The zero-order chi connectivity index (χ0) is 21.4. The van der Waals surface area contributed by atoms with Crippen molar-refractivity contribution in [2.75, 3.05) is 19.7 Å². The normalized spacial score (nSPS) is 19.0. The van der Waals surface area contributed by atoms with Gasteiger partial charge in [-0.25, -0.2) is 9.97 Å². The molecule has 1 amide bonds. The molecule has 1 aliphatic rings. The zero-order valence-electron chi connectivity index (χ0n) is 17.2. The number of benzene rings is 1. The highest BCUT2D eigenvalue weighted by Crippen LogP contribution is 2.21. The second-order valence-electron chi connectivity index (χ2n) is 8.10. The molecule has 1 saturated heterocycles. The van der Waals surface area contributed by atoms with Gasteiger partial charge < -0.3 is 24.1 Å². The highest BCUT2D eigenvalue weighted by atomic mass is 16.5. The molecule has 2 atom stereocenters. The number of likely N-dealkylation sites (tertiary alicyclic amines) is 1. The van der Waals surface area contributed by atoms with E-state index in [1.807, 2.05) is 41.9 Å². The molecule has 160 valence electrons. The highest BCUT2D eigenvalue weighted by molar-refractivity contribution is 5.78. The number of aliphatic hydroxyl groups excluding tert-OH is 1. The van der Waals surface area contributed by atoms with E-state index < -0.39 is 6.10 Å². The van der Waals surface area contributed by atoms with Gasteiger partial charge in [0.1, 0.15) is 19.0 Å². The van der Waals surface area contributed by atoms with Crippen LogP contribution in [0.1, 0.15) is 17.1 Å². The lowest BCUT2D eigenvalue weighted by Crippen LogP contribution is -2.32. The largest absolute Gasteiger partial charge is 0.391 e. The number of aryl methyl sites for hydroxylation is 1. The average Bonchev–Trinajstić information content (AvgIpc) is 3.46. The lowest BCUT2D eigenvalue weighted by molar-refractivity contribution is -0.136. The van der Waals surface area contributed by atoms with Crippen LogP contribution in [0.2, 0.25) is 0 Å². The number of β-amino-alcohol motifs (C(OH)–C–C–N with tert-alkyl or cyclic N) is 1. The van der Waals surface area contributed by atoms with Gasteiger partial charge in [0.25, 0.3) is 0 Å². The van der Waals surface area contributed by atoms with Crippen molar-refractivity contribution in [3.8, 4) is 0 Å². The Labute approximate surface area is 178 Å². The SMILES string of the molecule is Cc1ccc2nc(COCC(=O)N3C[C@H](Cc4cn5ccnc5cn4)[C@H](O)C3)[nH]c2c1. The summed E-state index contributed by atoms with van der Waals surface area (Å²) in [7, 11) is 0. The molecular formula is C22H24N6O3. The van der Waals surface area contributed by atoms with E-state index in [-0.39, 0.29) is 25.0 Å². The predicted octanol–water partition coefficient (Wildman–Crippen LogP) is 1.49. The Bertz CT molecular complexity index is 1230. The molecule has 2 N–H and O–H groups in total. The van der Waals surface area contributed by atoms with Crippen molar-refractivity contribution in [3.63, 3.8) is 0 Å². The van der Waals surface area contributed by atoms with Crippen molar-refractivity contribution in [2.45, 2.75) is 26.1 Å². The van der Waals surface area contributed by atoms with Crippen LogP contribution in [0.3, 0.4) is 0 Å². The van der Waals surface area contributed by atoms with Crippen molar-refractivity contribution in [3.05, 3.63) is 60.1 Å². The number of ether oxygens (including phenoxy) is 1. The number of fused-ring (bicyclic) bond motifs is 2. The maximum atomic E-state index is 12.6. The predicted molar refractivity (Wildman–Crippen MR) is 113 cm³/mol. The third-order valence-electron chi connectivity index (χ3n) is 5.71. The van der Waals surface area contributed by atoms with Gasteiger partial charge in [0, 0.05) is 37.6 Å². The van der Waals surface area contributed by atoms with Crippen molar-refractivity contribution in [1.29, 1.82) is 0 Å². The first-order valence-electron chi connectivity index (χ1n) is 10.3. The molecule has 9 nitrogen and oxygen atoms in total. The molecule has 4 heterocycles. The molecule has 1 aliphatic heterocycles. The van der Waals surface area contributed by atoms with Gasteiger partial charge >= 0.3 is 0 Å². The number of nitrogens with one attached hydrogen (secondary N) is 1. The molecule has 0 aliphatic carbocycles. The summed E-state index contributed by atoms with van der Waals surface area (Å²) in [5.41, 5.74) is 4.63. The number of rotatable bonds is 6. The molecule has 0 spiro atoms. The first-order chi connectivity index (χ1) is 15.0. The van der Waals surface area contributed by atoms with Gasteiger partial charge in [0.05, 0.1) is 29.0 Å². The number of aromatic nitrogens is 5. The number of hydrogen-bond donors (Lipinski definition) is 2. The minimum absolute atomic E-state index is 0.0469. The number of amides is 1. The summed E-state index contributed by atoms with van der Waals surface area (Å²) >= 11 is 0. The van der Waals surface area contributed by atoms with Crippen LogP contribution >= 0.6 is 0 Å². The molecule has 31 heavy (non-hydrogen) atoms. The summed E-state index contributed by atoms with van der Waals surface area (Å²) < 4.78 is 7.50. The van der Waals surface area contributed by atoms with E-state index in [9.17, 15) is 9.90 Å². The molecule has 4 aromatic rings. The standard InChI is InChI=1S/C22H24N6O3/c1-14-2-3-17-18(6-14)26-20(25-17)12-31-13-22(30)28-9-15(19(29)11-28)7-16-10-27-5-4-23-21(27)8-24-16/h2-6,8,10,15,19,29H,7,9,11-13H2,1H3,(H,25,26)/t15-,19+/m0/s1. The minimum Gasteiger partial charge on any atom is -0.391 e. The van der Waals surface area contributed by atoms with Crippen molar-refractivity contribution >= 4 is 22.6 Å². The summed E-state index contributed by atoms with van der Waals surface area (Å²) in [6.45, 7) is 3.00. The number of aromatic amines is 1. The van der Waals surface area contributed by atoms with Crippen LogP contribution in [0.25, 0.3) is 16.7 Å². The Morgan fingerprint density at radius 3 is 3.13 bits per heavy atom. The molecule has 0 radical (unpaired) electrons. The number of carbonyl (C=O) groups is 1. The number of imidazole rings is 2. The van der Waals surface area contributed by atoms with E-state index in [2.05, 4.69) is 19.9 Å². The van der Waals surface area contributed by atoms with Crippen LogP contribution in [-0.2, 0) is 22.6 Å². The van der Waals surface area contributed by atoms with Gasteiger partial charge in [-0.3, -0.25) is 9.78 Å². The Balaban J connectivity index is 1.14. The third-order valence-corrected chi connectivity index (χ3v) is 5.71. The molecule has 9 heteroatoms. The van der Waals surface area contributed by atoms with E-state index in [1.165, 1.54) is 0 Å². The van der Waals surface area contributed by atoms with Crippen LogP contribution in [-0.4, -0.2) is 66.1 Å². The second kappa shape index (κ2) is 8.09. The van der Waals surface area contributed by atoms with E-state index in [4.69, 9.17) is 4.74 Å². The van der Waals surface area contributed by atoms with Crippen molar-refractivity contribution in [2.24, 2.45) is 5.92 Å². The molecular weight excluding hydrogens is 396 g/mol. The van der Waals surface area contributed by atoms with Crippen LogP contribution in [0.5, 0.6) is 0 Å². The summed E-state index contributed by atoms with van der Waals surface area (Å²) in [5, 5.41) is 10.5. The van der Waals surface area contributed by atoms with Gasteiger partial charge in [-0.1, -0.05) is 6.07 Å². The molecule has 0 unspecified atom stereocenters. The zero-order valence-corrected chi connectivity index (χ0v) is 17.2. The number of carbonyl (C=O) groups excluding carboxylic acids is 1. The first kappa shape index (κ1) is 19.7. The Morgan fingerprint density at radius 1 is 1.32 bits per heavy atom. The lowest BCUT2D eigenvalue weighted by atomic mass is 10.0. The maximum Gasteiger partial charge on any atom is 0.248 e. The van der Waals surface area contributed by atoms with E-state index in [0.29, 0.717) is 25.3 Å². The number of hydrogen-bond acceptors (Lipinski definition) is 6. The summed E-state index contributed by atoms with van der Waals surface area (Å²) in [4.78, 5) is 30.5. The molecule has 3 aromatic heterocycles. The maximum absolute atomic E-state index is 12.6. The second-order valence-corrected chi connectivity index (χ2v) is 8.10. The number of aliphatic hydroxyl groups is 1. The summed E-state index contributed by atoms with van der Waals surface area (Å²) in [6.07, 6.45) is 7.23. The Kier molecular flexibility index (Phi) is 5.13. The van der Waals surface area contributed by atoms with E-state index >= 15 is 0 Å². The van der Waals surface area contributed by atoms with Crippen LogP contribution in [0.4, 0.5) is 0 Å². The van der Waals surface area contributed by atoms with Gasteiger partial charge in [-0.2, -0.15) is 0 Å². The topological polar surface area (TPSA) is 109 Å². The molecule has 0 bridgehead atoms. The first-order valence-corrected chi connectivity index (χ1v) is 10.3. The monoisotopic (exact) mass is 420 g/mol. The fraction of sp³-hybridized carbons (Fsp3) is 0.364. The Morgan fingerprint density at radius 2 is 2.23 bits per heavy atom. The fourth-order valence-electron chi connectivity index (χ4n) is 4.07. The Hall–Kier alpha value is -3.30. The molecule has 1 aromatic carbocycles. The number of nitrogens with zero attached hydrogens (tertiary/aromatic N) is 5. The highest BCUT2D eigenvalue weighted by Gasteiger charge is 2.34. The van der Waals surface area contributed by atoms with Gasteiger partial charge in [-0.05, 0) is 31.0 Å². The van der Waals surface area contributed by atoms with Crippen LogP contribution in [0, 0.1) is 12.8 Å². The van der Waals surface area contributed by atoms with Crippen molar-refractivity contribution < 1.29 is 14.6 Å². The van der Waals surface area contributed by atoms with Crippen molar-refractivity contribution in [1.82, 2.24) is 29.2 Å². The lowest BCUT2D eigenvalue weighted by Gasteiger charge is -2.16. The summed E-state index contributed by atoms with van der Waals surface area (Å²) in [5.74, 6) is 0.497. The summed E-state index contributed by atoms with van der Waals surface area (Å²) in [6, 6.07) is 6.00. The number of H-pyrrole nitrogens is 1. The molecule has 0 saturated carbocycles. The van der Waals surface area contributed by atoms with Crippen LogP contribution < -0.4 is 0 Å². The third kappa shape index (κ3) is 4.14. The smallest absolute Gasteiger partial charge is 0.248 e. The van der Waals surface area contributed by atoms with E-state index in [0.717, 1.165) is 27.9 Å². The quantitative estimate of drug-likeness (QED) is 0.489. The van der Waals surface area contributed by atoms with Gasteiger partial charge in [-0.15, -0.1) is 0 Å². The molecule has 1 fully saturated rings. The van der Waals surface area contributed by atoms with Gasteiger partial charge in [0.2, 0.25) is 5.91 Å². The fourth-order valence-corrected chi connectivity index (χ4v) is 4.07. The minimum atomic E-state index is -0.581. The van der Waals surface area contributed by atoms with Gasteiger partial charge in [0.15, 0.2) is 5.65 Å². The van der Waals surface area contributed by atoms with Crippen LogP contribution in [0.15, 0.2) is 43.0 Å². The van der Waals surface area contributed by atoms with E-state index in [1.54, 1.807) is 17.3 Å². The molecule has 5 rings (SSSR count).